The average molecular weight is 150 g/mol. The van der Waals surface area contributed by atoms with Gasteiger partial charge in [0.05, 0.1) is 13.2 Å². The molecule has 0 atom stereocenters. The highest BCUT2D eigenvalue weighted by Gasteiger charge is 2.05. The molecular formula is C8H10N2O. The third kappa shape index (κ3) is 1.33. The molecule has 0 fully saturated rings. The second-order valence-corrected chi connectivity index (χ2v) is 2.49. The maximum Gasteiger partial charge on any atom is 0.131 e. The summed E-state index contributed by atoms with van der Waals surface area (Å²) in [6.45, 7) is 2.29. The summed E-state index contributed by atoms with van der Waals surface area (Å²) in [7, 11) is 0. The van der Waals surface area contributed by atoms with Gasteiger partial charge in [-0.15, -0.1) is 0 Å². The molecule has 3 nitrogen and oxygen atoms in total. The van der Waals surface area contributed by atoms with Gasteiger partial charge in [-0.05, 0) is 6.07 Å². The van der Waals surface area contributed by atoms with Crippen molar-refractivity contribution < 1.29 is 4.74 Å². The monoisotopic (exact) mass is 150 g/mol. The molecule has 0 saturated heterocycles. The van der Waals surface area contributed by atoms with Crippen molar-refractivity contribution in [3.05, 3.63) is 23.9 Å². The van der Waals surface area contributed by atoms with Crippen LogP contribution in [0, 0.1) is 0 Å². The van der Waals surface area contributed by atoms with Crippen molar-refractivity contribution in [1.29, 1.82) is 0 Å². The molecule has 0 unspecified atom stereocenters. The Hall–Kier alpha value is -1.09. The molecule has 1 aromatic rings. The van der Waals surface area contributed by atoms with Crippen LogP contribution in [0.2, 0.25) is 0 Å². The molecular weight excluding hydrogens is 140 g/mol. The van der Waals surface area contributed by atoms with Gasteiger partial charge in [-0.25, -0.2) is 4.98 Å². The molecule has 2 heterocycles. The van der Waals surface area contributed by atoms with Crippen LogP contribution in [0.5, 0.6) is 0 Å². The highest BCUT2D eigenvalue weighted by Crippen LogP contribution is 2.14. The normalized spacial score (nSPS) is 16.4. The number of nitrogens with one attached hydrogen (secondary N) is 1. The van der Waals surface area contributed by atoms with Crippen molar-refractivity contribution >= 4 is 5.82 Å². The summed E-state index contributed by atoms with van der Waals surface area (Å²) in [6, 6.07) is 3.95. The largest absolute Gasteiger partial charge is 0.375 e. The van der Waals surface area contributed by atoms with Gasteiger partial charge in [-0.1, -0.05) is 6.07 Å². The summed E-state index contributed by atoms with van der Waals surface area (Å²) in [5.74, 6) is 0.963. The predicted molar refractivity (Wildman–Crippen MR) is 42.4 cm³/mol. The molecule has 0 spiro atoms. The maximum absolute atomic E-state index is 5.32. The van der Waals surface area contributed by atoms with Crippen LogP contribution in [0.4, 0.5) is 5.82 Å². The first-order valence-electron chi connectivity index (χ1n) is 3.72. The second kappa shape index (κ2) is 2.88. The average Bonchev–Trinajstić information content (AvgIpc) is 2.28. The Morgan fingerprint density at radius 3 is 3.55 bits per heavy atom. The molecule has 3 heteroatoms. The lowest BCUT2D eigenvalue weighted by molar-refractivity contribution is 0.134. The van der Waals surface area contributed by atoms with E-state index in [1.54, 1.807) is 6.20 Å². The van der Waals surface area contributed by atoms with E-state index in [-0.39, 0.29) is 0 Å². The van der Waals surface area contributed by atoms with E-state index in [9.17, 15) is 0 Å². The summed E-state index contributed by atoms with van der Waals surface area (Å²) >= 11 is 0. The SMILES string of the molecule is c1cnc2c(c1)COCCN2. The summed E-state index contributed by atoms with van der Waals surface area (Å²) in [5, 5.41) is 3.19. The number of hydrogen-bond acceptors (Lipinski definition) is 3. The van der Waals surface area contributed by atoms with Gasteiger partial charge in [-0.2, -0.15) is 0 Å². The molecule has 1 aliphatic rings. The van der Waals surface area contributed by atoms with E-state index < -0.39 is 0 Å². The highest BCUT2D eigenvalue weighted by molar-refractivity contribution is 5.43. The summed E-state index contributed by atoms with van der Waals surface area (Å²) in [5.41, 5.74) is 1.14. The Balaban J connectivity index is 2.33. The molecule has 0 amide bonds. The minimum atomic E-state index is 0.677. The van der Waals surface area contributed by atoms with Crippen molar-refractivity contribution in [2.45, 2.75) is 6.61 Å². The Labute approximate surface area is 65.4 Å². The molecule has 2 rings (SSSR count). The van der Waals surface area contributed by atoms with Crippen molar-refractivity contribution in [3.63, 3.8) is 0 Å². The number of anilines is 1. The predicted octanol–water partition coefficient (Wildman–Crippen LogP) is 1.02. The maximum atomic E-state index is 5.32. The van der Waals surface area contributed by atoms with Crippen LogP contribution in [-0.2, 0) is 11.3 Å². The topological polar surface area (TPSA) is 34.1 Å². The molecule has 58 valence electrons. The van der Waals surface area contributed by atoms with E-state index in [0.29, 0.717) is 6.61 Å². The van der Waals surface area contributed by atoms with Crippen LogP contribution in [0.3, 0.4) is 0 Å². The highest BCUT2D eigenvalue weighted by atomic mass is 16.5. The van der Waals surface area contributed by atoms with Crippen LogP contribution in [0.25, 0.3) is 0 Å². The zero-order valence-electron chi connectivity index (χ0n) is 6.21. The smallest absolute Gasteiger partial charge is 0.131 e. The van der Waals surface area contributed by atoms with Crippen molar-refractivity contribution in [2.75, 3.05) is 18.5 Å². The molecule has 1 aliphatic heterocycles. The lowest BCUT2D eigenvalue weighted by Crippen LogP contribution is -2.05. The number of pyridine rings is 1. The summed E-state index contributed by atoms with van der Waals surface area (Å²) in [4.78, 5) is 4.19. The first-order valence-corrected chi connectivity index (χ1v) is 3.72. The first kappa shape index (κ1) is 6.61. The van der Waals surface area contributed by atoms with Gasteiger partial charge in [0.15, 0.2) is 0 Å². The van der Waals surface area contributed by atoms with Crippen LogP contribution in [0.1, 0.15) is 5.56 Å². The van der Waals surface area contributed by atoms with E-state index in [1.165, 1.54) is 0 Å². The molecule has 0 aliphatic carbocycles. The van der Waals surface area contributed by atoms with Crippen LogP contribution < -0.4 is 5.32 Å². The number of nitrogens with zero attached hydrogens (tertiary/aromatic N) is 1. The van der Waals surface area contributed by atoms with Crippen LogP contribution in [-0.4, -0.2) is 18.1 Å². The fraction of sp³-hybridized carbons (Fsp3) is 0.375. The Morgan fingerprint density at radius 1 is 1.55 bits per heavy atom. The van der Waals surface area contributed by atoms with E-state index in [4.69, 9.17) is 4.74 Å². The molecule has 0 aromatic carbocycles. The van der Waals surface area contributed by atoms with Gasteiger partial charge < -0.3 is 10.1 Å². The quantitative estimate of drug-likeness (QED) is 0.599. The van der Waals surface area contributed by atoms with E-state index in [2.05, 4.69) is 10.3 Å². The first-order chi connectivity index (χ1) is 5.47. The van der Waals surface area contributed by atoms with E-state index in [1.807, 2.05) is 12.1 Å². The zero-order valence-corrected chi connectivity index (χ0v) is 6.21. The Bertz CT molecular complexity index is 225. The van der Waals surface area contributed by atoms with Gasteiger partial charge in [0.25, 0.3) is 0 Å². The zero-order chi connectivity index (χ0) is 7.52. The Morgan fingerprint density at radius 2 is 2.55 bits per heavy atom. The third-order valence-corrected chi connectivity index (χ3v) is 1.69. The van der Waals surface area contributed by atoms with Gasteiger partial charge in [0.1, 0.15) is 5.82 Å². The van der Waals surface area contributed by atoms with Gasteiger partial charge in [-0.3, -0.25) is 0 Å². The number of hydrogen-bond donors (Lipinski definition) is 1. The molecule has 1 N–H and O–H groups in total. The lowest BCUT2D eigenvalue weighted by Gasteiger charge is -2.02. The van der Waals surface area contributed by atoms with E-state index >= 15 is 0 Å². The lowest BCUT2D eigenvalue weighted by atomic mass is 10.3. The van der Waals surface area contributed by atoms with E-state index in [0.717, 1.165) is 24.5 Å². The molecule has 1 aromatic heterocycles. The molecule has 0 bridgehead atoms. The number of aromatic nitrogens is 1. The minimum Gasteiger partial charge on any atom is -0.375 e. The molecule has 0 saturated carbocycles. The second-order valence-electron chi connectivity index (χ2n) is 2.49. The van der Waals surface area contributed by atoms with Gasteiger partial charge in [0, 0.05) is 18.3 Å². The number of rotatable bonds is 0. The number of ether oxygens (including phenoxy) is 1. The molecule has 11 heavy (non-hydrogen) atoms. The van der Waals surface area contributed by atoms with Crippen LogP contribution in [0.15, 0.2) is 18.3 Å². The van der Waals surface area contributed by atoms with Crippen molar-refractivity contribution in [1.82, 2.24) is 4.98 Å². The summed E-state index contributed by atoms with van der Waals surface area (Å²) < 4.78 is 5.32. The number of fused-ring (bicyclic) bond motifs is 1. The fourth-order valence-corrected chi connectivity index (χ4v) is 1.14. The molecule has 0 radical (unpaired) electrons. The minimum absolute atomic E-state index is 0.677. The van der Waals surface area contributed by atoms with Crippen molar-refractivity contribution in [3.8, 4) is 0 Å². The Kier molecular flexibility index (Phi) is 1.73. The standard InChI is InChI=1S/C8H10N2O/c1-2-7-6-11-5-4-10-8(7)9-3-1/h1-3H,4-6H2,(H,9,10). The summed E-state index contributed by atoms with van der Waals surface area (Å²) in [6.07, 6.45) is 1.79. The third-order valence-electron chi connectivity index (χ3n) is 1.69. The van der Waals surface area contributed by atoms with Gasteiger partial charge >= 0.3 is 0 Å². The fourth-order valence-electron chi connectivity index (χ4n) is 1.14. The van der Waals surface area contributed by atoms with Gasteiger partial charge in [0.2, 0.25) is 0 Å². The van der Waals surface area contributed by atoms with Crippen molar-refractivity contribution in [2.24, 2.45) is 0 Å². The van der Waals surface area contributed by atoms with Crippen LogP contribution >= 0.6 is 0 Å².